The minimum Gasteiger partial charge on any atom is -0.299 e. The lowest BCUT2D eigenvalue weighted by molar-refractivity contribution is -0.135. The monoisotopic (exact) mass is 322 g/mol. The van der Waals surface area contributed by atoms with Crippen LogP contribution in [0.2, 0.25) is 10.0 Å². The molecule has 0 amide bonds. The quantitative estimate of drug-likeness (QED) is 0.749. The molecule has 0 heterocycles. The predicted molar refractivity (Wildman–Crippen MR) is 85.7 cm³/mol. The molecule has 0 N–H and O–H groups in total. The third-order valence-corrected chi connectivity index (χ3v) is 6.57. The van der Waals surface area contributed by atoms with E-state index in [1.54, 1.807) is 6.07 Å². The van der Waals surface area contributed by atoms with Crippen molar-refractivity contribution in [1.29, 1.82) is 0 Å². The Morgan fingerprint density at radius 2 is 1.62 bits per heavy atom. The number of Topliss-reactive ketones (excluding diaryl/α,β-unsaturated/α-hetero) is 1. The van der Waals surface area contributed by atoms with Crippen molar-refractivity contribution >= 4 is 29.0 Å². The van der Waals surface area contributed by atoms with Crippen molar-refractivity contribution < 1.29 is 4.79 Å². The van der Waals surface area contributed by atoms with Gasteiger partial charge in [-0.2, -0.15) is 0 Å². The fourth-order valence-electron chi connectivity index (χ4n) is 5.42. The Balaban J connectivity index is 1.52. The minimum absolute atomic E-state index is 0.296. The zero-order valence-electron chi connectivity index (χ0n) is 12.0. The SMILES string of the molecule is O=C(Cc1ccc(Cl)cc1Cl)C1C2CC3CC(C2)CC1C3. The van der Waals surface area contributed by atoms with Crippen molar-refractivity contribution in [3.8, 4) is 0 Å². The first-order chi connectivity index (χ1) is 10.1. The molecular formula is C18H20Cl2O. The lowest BCUT2D eigenvalue weighted by atomic mass is 9.51. The zero-order valence-corrected chi connectivity index (χ0v) is 13.5. The Morgan fingerprint density at radius 1 is 1.00 bits per heavy atom. The van der Waals surface area contributed by atoms with Crippen molar-refractivity contribution in [3.05, 3.63) is 33.8 Å². The standard InChI is InChI=1S/C18H20Cl2O/c19-15-2-1-12(16(20)9-15)8-17(21)18-13-4-10-3-11(6-13)7-14(18)5-10/h1-2,9-11,13-14,18H,3-8H2. The van der Waals surface area contributed by atoms with Gasteiger partial charge in [0.15, 0.2) is 0 Å². The Bertz CT molecular complexity index is 553. The molecular weight excluding hydrogens is 303 g/mol. The fourth-order valence-corrected chi connectivity index (χ4v) is 5.90. The predicted octanol–water partition coefficient (Wildman–Crippen LogP) is 5.18. The van der Waals surface area contributed by atoms with Crippen LogP contribution in [-0.2, 0) is 11.2 Å². The number of benzene rings is 1. The van der Waals surface area contributed by atoms with Crippen LogP contribution in [0, 0.1) is 29.6 Å². The zero-order chi connectivity index (χ0) is 14.6. The van der Waals surface area contributed by atoms with E-state index in [1.807, 2.05) is 12.1 Å². The van der Waals surface area contributed by atoms with Gasteiger partial charge in [-0.25, -0.2) is 0 Å². The summed E-state index contributed by atoms with van der Waals surface area (Å²) in [7, 11) is 0. The number of rotatable bonds is 3. The molecule has 0 aromatic heterocycles. The topological polar surface area (TPSA) is 17.1 Å². The van der Waals surface area contributed by atoms with Crippen LogP contribution in [0.5, 0.6) is 0 Å². The van der Waals surface area contributed by atoms with Gasteiger partial charge in [-0.3, -0.25) is 4.79 Å². The van der Waals surface area contributed by atoms with Crippen LogP contribution in [0.1, 0.15) is 37.7 Å². The molecule has 4 bridgehead atoms. The highest BCUT2D eigenvalue weighted by atomic mass is 35.5. The van der Waals surface area contributed by atoms with Gasteiger partial charge in [0.2, 0.25) is 0 Å². The summed E-state index contributed by atoms with van der Waals surface area (Å²) < 4.78 is 0. The summed E-state index contributed by atoms with van der Waals surface area (Å²) in [6, 6.07) is 5.47. The number of ketones is 1. The molecule has 0 atom stereocenters. The molecule has 3 heteroatoms. The lowest BCUT2D eigenvalue weighted by Gasteiger charge is -2.53. The molecule has 5 rings (SSSR count). The van der Waals surface area contributed by atoms with Crippen molar-refractivity contribution in [1.82, 2.24) is 0 Å². The van der Waals surface area contributed by atoms with Crippen LogP contribution < -0.4 is 0 Å². The first kappa shape index (κ1) is 14.1. The first-order valence-electron chi connectivity index (χ1n) is 8.07. The van der Waals surface area contributed by atoms with Crippen molar-refractivity contribution in [3.63, 3.8) is 0 Å². The van der Waals surface area contributed by atoms with Crippen LogP contribution in [0.25, 0.3) is 0 Å². The molecule has 1 aromatic carbocycles. The number of carbonyl (C=O) groups excluding carboxylic acids is 1. The molecule has 0 spiro atoms. The lowest BCUT2D eigenvalue weighted by Crippen LogP contribution is -2.48. The molecule has 4 aliphatic carbocycles. The Labute approximate surface area is 136 Å². The molecule has 1 aromatic rings. The second-order valence-electron chi connectivity index (χ2n) is 7.34. The van der Waals surface area contributed by atoms with E-state index in [1.165, 1.54) is 32.1 Å². The summed E-state index contributed by atoms with van der Waals surface area (Å²) in [6.07, 6.45) is 7.06. The van der Waals surface area contributed by atoms with E-state index < -0.39 is 0 Å². The van der Waals surface area contributed by atoms with Crippen LogP contribution >= 0.6 is 23.2 Å². The molecule has 0 radical (unpaired) electrons. The van der Waals surface area contributed by atoms with E-state index in [4.69, 9.17) is 23.2 Å². The van der Waals surface area contributed by atoms with Gasteiger partial charge >= 0.3 is 0 Å². The normalized spacial score (nSPS) is 37.0. The van der Waals surface area contributed by atoms with E-state index in [0.29, 0.717) is 40.0 Å². The van der Waals surface area contributed by atoms with Gasteiger partial charge in [0.25, 0.3) is 0 Å². The number of hydrogen-bond donors (Lipinski definition) is 0. The first-order valence-corrected chi connectivity index (χ1v) is 8.82. The van der Waals surface area contributed by atoms with Crippen molar-refractivity contribution in [2.75, 3.05) is 0 Å². The highest BCUT2D eigenvalue weighted by Crippen LogP contribution is 2.56. The van der Waals surface area contributed by atoms with Gasteiger partial charge in [0.05, 0.1) is 0 Å². The number of carbonyl (C=O) groups is 1. The summed E-state index contributed by atoms with van der Waals surface area (Å²) in [4.78, 5) is 12.8. The molecule has 4 aliphatic rings. The van der Waals surface area contributed by atoms with E-state index in [-0.39, 0.29) is 0 Å². The third-order valence-electron chi connectivity index (χ3n) is 5.98. The summed E-state index contributed by atoms with van der Waals surface area (Å²) in [6.45, 7) is 0. The van der Waals surface area contributed by atoms with Crippen molar-refractivity contribution in [2.24, 2.45) is 29.6 Å². The molecule has 4 fully saturated rings. The molecule has 112 valence electrons. The average molecular weight is 323 g/mol. The molecule has 4 saturated carbocycles. The summed E-state index contributed by atoms with van der Waals surface area (Å²) in [5.74, 6) is 3.84. The van der Waals surface area contributed by atoms with E-state index in [2.05, 4.69) is 0 Å². The summed E-state index contributed by atoms with van der Waals surface area (Å²) in [5, 5.41) is 1.26. The smallest absolute Gasteiger partial charge is 0.140 e. The Hall–Kier alpha value is -0.530. The van der Waals surface area contributed by atoms with Crippen molar-refractivity contribution in [2.45, 2.75) is 38.5 Å². The van der Waals surface area contributed by atoms with Gasteiger partial charge < -0.3 is 0 Å². The van der Waals surface area contributed by atoms with E-state index in [0.717, 1.165) is 17.4 Å². The number of halogens is 2. The average Bonchev–Trinajstić information content (AvgIpc) is 2.40. The maximum absolute atomic E-state index is 12.8. The summed E-state index contributed by atoms with van der Waals surface area (Å²) in [5.41, 5.74) is 0.930. The van der Waals surface area contributed by atoms with Gasteiger partial charge in [-0.15, -0.1) is 0 Å². The minimum atomic E-state index is 0.296. The van der Waals surface area contributed by atoms with Crippen LogP contribution in [-0.4, -0.2) is 5.78 Å². The van der Waals surface area contributed by atoms with Gasteiger partial charge in [-0.1, -0.05) is 29.3 Å². The summed E-state index contributed by atoms with van der Waals surface area (Å²) >= 11 is 12.2. The van der Waals surface area contributed by atoms with Gasteiger partial charge in [0, 0.05) is 22.4 Å². The highest BCUT2D eigenvalue weighted by molar-refractivity contribution is 6.35. The second-order valence-corrected chi connectivity index (χ2v) is 8.18. The van der Waals surface area contributed by atoms with Crippen LogP contribution in [0.4, 0.5) is 0 Å². The molecule has 0 saturated heterocycles. The molecule has 0 aliphatic heterocycles. The van der Waals surface area contributed by atoms with E-state index >= 15 is 0 Å². The van der Waals surface area contributed by atoms with Gasteiger partial charge in [-0.05, 0) is 73.5 Å². The van der Waals surface area contributed by atoms with Gasteiger partial charge in [0.1, 0.15) is 5.78 Å². The Morgan fingerprint density at radius 3 is 2.19 bits per heavy atom. The molecule has 21 heavy (non-hydrogen) atoms. The largest absolute Gasteiger partial charge is 0.299 e. The van der Waals surface area contributed by atoms with Crippen LogP contribution in [0.3, 0.4) is 0 Å². The molecule has 0 unspecified atom stereocenters. The van der Waals surface area contributed by atoms with E-state index in [9.17, 15) is 4.79 Å². The highest BCUT2D eigenvalue weighted by Gasteiger charge is 2.50. The maximum atomic E-state index is 12.8. The maximum Gasteiger partial charge on any atom is 0.140 e. The second kappa shape index (κ2) is 5.28. The fraction of sp³-hybridized carbons (Fsp3) is 0.611. The van der Waals surface area contributed by atoms with Crippen LogP contribution in [0.15, 0.2) is 18.2 Å². The number of hydrogen-bond acceptors (Lipinski definition) is 1. The third kappa shape index (κ3) is 2.53. The Kier molecular flexibility index (Phi) is 3.54. The molecule has 1 nitrogen and oxygen atoms in total.